The normalized spacial score (nSPS) is 13.7. The molecule has 0 atom stereocenters. The summed E-state index contributed by atoms with van der Waals surface area (Å²) in [4.78, 5) is 0. The van der Waals surface area contributed by atoms with Gasteiger partial charge in [-0.05, 0) is 24.0 Å². The third-order valence-electron chi connectivity index (χ3n) is 6.92. The van der Waals surface area contributed by atoms with Gasteiger partial charge in [0.2, 0.25) is 5.60 Å². The number of halogens is 8. The van der Waals surface area contributed by atoms with Gasteiger partial charge >= 0.3 is 23.7 Å². The van der Waals surface area contributed by atoms with Crippen LogP contribution in [0.5, 0.6) is 0 Å². The molecule has 0 amide bonds. The van der Waals surface area contributed by atoms with Gasteiger partial charge in [0.1, 0.15) is 0 Å². The van der Waals surface area contributed by atoms with Crippen molar-refractivity contribution >= 4 is 0 Å². The summed E-state index contributed by atoms with van der Waals surface area (Å²) in [5.74, 6) is -22.3. The molecule has 38 heavy (non-hydrogen) atoms. The standard InChI is InChI=1S/C29H36F8O/c1-3-5-7-14-20-25(30,31)28(34,35)27(38,29(36,37)26(32,33)21-15-8-6-4-2)24-19-13-12-18-23(24)22-16-10-9-11-17-22/h9-13,16-19,38H,3-8,14-15,20-21H2,1-2H3. The zero-order valence-electron chi connectivity index (χ0n) is 21.7. The third kappa shape index (κ3) is 6.18. The van der Waals surface area contributed by atoms with E-state index in [2.05, 4.69) is 0 Å². The number of unbranched alkanes of at least 4 members (excludes halogenated alkanes) is 6. The van der Waals surface area contributed by atoms with Gasteiger partial charge < -0.3 is 5.11 Å². The van der Waals surface area contributed by atoms with Crippen LogP contribution in [0.1, 0.15) is 83.6 Å². The summed E-state index contributed by atoms with van der Waals surface area (Å²) in [6.45, 7) is 3.52. The molecule has 0 aromatic heterocycles. The Morgan fingerprint density at radius 2 is 0.974 bits per heavy atom. The Hall–Kier alpha value is -2.16. The maximum atomic E-state index is 15.8. The van der Waals surface area contributed by atoms with Crippen LogP contribution >= 0.6 is 0 Å². The minimum Gasteiger partial charge on any atom is -0.374 e. The molecule has 0 aliphatic rings. The van der Waals surface area contributed by atoms with Crippen molar-refractivity contribution in [3.8, 4) is 11.1 Å². The Morgan fingerprint density at radius 1 is 0.553 bits per heavy atom. The Morgan fingerprint density at radius 3 is 1.42 bits per heavy atom. The largest absolute Gasteiger partial charge is 0.374 e. The zero-order valence-corrected chi connectivity index (χ0v) is 21.7. The summed E-state index contributed by atoms with van der Waals surface area (Å²) in [5, 5.41) is 11.2. The van der Waals surface area contributed by atoms with E-state index in [-0.39, 0.29) is 18.4 Å². The second kappa shape index (κ2) is 12.8. The van der Waals surface area contributed by atoms with Crippen LogP contribution < -0.4 is 0 Å². The lowest BCUT2D eigenvalue weighted by Crippen LogP contribution is -2.69. The van der Waals surface area contributed by atoms with Gasteiger partial charge in [0.15, 0.2) is 0 Å². The molecular formula is C29H36F8O. The maximum absolute atomic E-state index is 15.8. The molecule has 0 bridgehead atoms. The van der Waals surface area contributed by atoms with E-state index in [0.29, 0.717) is 31.7 Å². The van der Waals surface area contributed by atoms with Gasteiger partial charge in [-0.25, -0.2) is 0 Å². The van der Waals surface area contributed by atoms with E-state index in [4.69, 9.17) is 0 Å². The Bertz CT molecular complexity index is 955. The fourth-order valence-electron chi connectivity index (χ4n) is 4.59. The molecule has 0 radical (unpaired) electrons. The van der Waals surface area contributed by atoms with Gasteiger partial charge in [-0.3, -0.25) is 0 Å². The molecule has 214 valence electrons. The van der Waals surface area contributed by atoms with Gasteiger partial charge in [-0.2, -0.15) is 35.1 Å². The van der Waals surface area contributed by atoms with E-state index in [1.54, 1.807) is 13.8 Å². The third-order valence-corrected chi connectivity index (χ3v) is 6.92. The van der Waals surface area contributed by atoms with Crippen molar-refractivity contribution in [1.29, 1.82) is 0 Å². The number of alkyl halides is 8. The Balaban J connectivity index is 2.75. The van der Waals surface area contributed by atoms with Crippen LogP contribution in [-0.2, 0) is 5.60 Å². The molecule has 0 saturated heterocycles. The fourth-order valence-corrected chi connectivity index (χ4v) is 4.59. The van der Waals surface area contributed by atoms with Crippen LogP contribution in [0, 0.1) is 0 Å². The Labute approximate surface area is 219 Å². The van der Waals surface area contributed by atoms with Gasteiger partial charge in [-0.15, -0.1) is 0 Å². The molecule has 2 aromatic rings. The van der Waals surface area contributed by atoms with Crippen molar-refractivity contribution in [2.75, 3.05) is 0 Å². The van der Waals surface area contributed by atoms with E-state index in [9.17, 15) is 5.11 Å². The fraction of sp³-hybridized carbons (Fsp3) is 0.586. The molecule has 2 aromatic carbocycles. The summed E-state index contributed by atoms with van der Waals surface area (Å²) in [6, 6.07) is 10.9. The molecule has 0 aliphatic heterocycles. The molecular weight excluding hydrogens is 516 g/mol. The van der Waals surface area contributed by atoms with E-state index in [0.717, 1.165) is 12.1 Å². The molecule has 1 nitrogen and oxygen atoms in total. The SMILES string of the molecule is CCCCCCC(F)(F)C(F)(F)C(O)(c1ccccc1-c1ccccc1)C(F)(F)C(F)(F)CCCCCC. The van der Waals surface area contributed by atoms with Gasteiger partial charge in [0.25, 0.3) is 0 Å². The predicted molar refractivity (Wildman–Crippen MR) is 133 cm³/mol. The molecule has 0 saturated carbocycles. The molecule has 0 unspecified atom stereocenters. The Kier molecular flexibility index (Phi) is 10.8. The van der Waals surface area contributed by atoms with Crippen molar-refractivity contribution in [3.63, 3.8) is 0 Å². The summed E-state index contributed by atoms with van der Waals surface area (Å²) < 4.78 is 124. The molecule has 1 N–H and O–H groups in total. The summed E-state index contributed by atoms with van der Waals surface area (Å²) in [6.07, 6.45) is -1.70. The van der Waals surface area contributed by atoms with Crippen LogP contribution in [-0.4, -0.2) is 28.8 Å². The summed E-state index contributed by atoms with van der Waals surface area (Å²) in [7, 11) is 0. The predicted octanol–water partition coefficient (Wildman–Crippen LogP) is 10.0. The number of hydrogen-bond acceptors (Lipinski definition) is 1. The highest BCUT2D eigenvalue weighted by atomic mass is 19.3. The van der Waals surface area contributed by atoms with Crippen LogP contribution in [0.3, 0.4) is 0 Å². The lowest BCUT2D eigenvalue weighted by atomic mass is 9.72. The smallest absolute Gasteiger partial charge is 0.348 e. The second-order valence-corrected chi connectivity index (χ2v) is 9.80. The highest BCUT2D eigenvalue weighted by Gasteiger charge is 2.83. The molecule has 0 aliphatic carbocycles. The van der Waals surface area contributed by atoms with Crippen LogP contribution in [0.2, 0.25) is 0 Å². The second-order valence-electron chi connectivity index (χ2n) is 9.80. The van der Waals surface area contributed by atoms with Crippen molar-refractivity contribution in [2.45, 2.75) is 107 Å². The molecule has 0 fully saturated rings. The summed E-state index contributed by atoms with van der Waals surface area (Å²) >= 11 is 0. The first-order chi connectivity index (χ1) is 17.7. The average Bonchev–Trinajstić information content (AvgIpc) is 2.88. The lowest BCUT2D eigenvalue weighted by Gasteiger charge is -2.47. The van der Waals surface area contributed by atoms with E-state index >= 15 is 35.1 Å². The van der Waals surface area contributed by atoms with E-state index in [1.807, 2.05) is 0 Å². The summed E-state index contributed by atoms with van der Waals surface area (Å²) in [5.41, 5.74) is -7.07. The number of rotatable bonds is 16. The quantitative estimate of drug-likeness (QED) is 0.162. The first-order valence-corrected chi connectivity index (χ1v) is 13.1. The molecule has 0 heterocycles. The molecule has 0 spiro atoms. The topological polar surface area (TPSA) is 20.2 Å². The zero-order chi connectivity index (χ0) is 28.7. The molecule has 2 rings (SSSR count). The van der Waals surface area contributed by atoms with Crippen LogP contribution in [0.25, 0.3) is 11.1 Å². The van der Waals surface area contributed by atoms with Gasteiger partial charge in [0, 0.05) is 18.4 Å². The first-order valence-electron chi connectivity index (χ1n) is 13.1. The molecule has 9 heteroatoms. The van der Waals surface area contributed by atoms with Crippen molar-refractivity contribution in [2.24, 2.45) is 0 Å². The van der Waals surface area contributed by atoms with Crippen LogP contribution in [0.4, 0.5) is 35.1 Å². The van der Waals surface area contributed by atoms with Crippen molar-refractivity contribution in [1.82, 2.24) is 0 Å². The highest BCUT2D eigenvalue weighted by molar-refractivity contribution is 5.69. The average molecular weight is 553 g/mol. The lowest BCUT2D eigenvalue weighted by molar-refractivity contribution is -0.392. The minimum atomic E-state index is -5.95. The monoisotopic (exact) mass is 552 g/mol. The number of aliphatic hydroxyl groups is 1. The van der Waals surface area contributed by atoms with Crippen LogP contribution in [0.15, 0.2) is 54.6 Å². The van der Waals surface area contributed by atoms with E-state index in [1.165, 1.54) is 36.4 Å². The maximum Gasteiger partial charge on any atom is 0.348 e. The van der Waals surface area contributed by atoms with Gasteiger partial charge in [-0.1, -0.05) is 107 Å². The van der Waals surface area contributed by atoms with Gasteiger partial charge in [0.05, 0.1) is 0 Å². The van der Waals surface area contributed by atoms with E-state index < -0.39 is 66.1 Å². The van der Waals surface area contributed by atoms with Crippen molar-refractivity contribution in [3.05, 3.63) is 60.2 Å². The number of hydrogen-bond donors (Lipinski definition) is 1. The first kappa shape index (κ1) is 32.1. The minimum absolute atomic E-state index is 0.0191. The van der Waals surface area contributed by atoms with Crippen molar-refractivity contribution < 1.29 is 40.2 Å². The number of benzene rings is 2. The highest BCUT2D eigenvalue weighted by Crippen LogP contribution is 2.61.